The molecule has 1 amide bonds. The number of morpholine rings is 1. The van der Waals surface area contributed by atoms with Gasteiger partial charge in [-0.3, -0.25) is 14.4 Å². The van der Waals surface area contributed by atoms with E-state index in [0.717, 1.165) is 11.1 Å². The van der Waals surface area contributed by atoms with Gasteiger partial charge in [-0.2, -0.15) is 5.10 Å². The number of nitrogens with one attached hydrogen (secondary N) is 1. The average Bonchev–Trinajstić information content (AvgIpc) is 3.20. The molecule has 2 aromatic carbocycles. The molecule has 1 fully saturated rings. The van der Waals surface area contributed by atoms with Gasteiger partial charge in [-0.25, -0.2) is 4.39 Å². The third-order valence-electron chi connectivity index (χ3n) is 5.12. The number of benzene rings is 2. The normalized spacial score (nSPS) is 15.4. The number of ether oxygens (including phenoxy) is 2. The van der Waals surface area contributed by atoms with E-state index in [4.69, 9.17) is 9.47 Å². The van der Waals surface area contributed by atoms with E-state index in [-0.39, 0.29) is 11.7 Å². The number of rotatable bonds is 7. The fraction of sp³-hybridized carbons (Fsp3) is 0.304. The van der Waals surface area contributed by atoms with E-state index in [1.165, 1.54) is 12.1 Å². The number of carbonyl (C=O) groups is 1. The Morgan fingerprint density at radius 3 is 2.71 bits per heavy atom. The van der Waals surface area contributed by atoms with Crippen LogP contribution in [0.15, 0.2) is 60.9 Å². The van der Waals surface area contributed by atoms with Crippen LogP contribution < -0.4 is 10.1 Å². The summed E-state index contributed by atoms with van der Waals surface area (Å²) >= 11 is 0. The van der Waals surface area contributed by atoms with Crippen molar-refractivity contribution in [3.05, 3.63) is 77.9 Å². The van der Waals surface area contributed by atoms with Crippen molar-refractivity contribution in [1.29, 1.82) is 0 Å². The van der Waals surface area contributed by atoms with Gasteiger partial charge in [0.1, 0.15) is 24.2 Å². The number of carbonyl (C=O) groups excluding carboxylic acids is 1. The van der Waals surface area contributed by atoms with E-state index >= 15 is 0 Å². The molecule has 0 spiro atoms. The lowest BCUT2D eigenvalue weighted by atomic mass is 10.1. The summed E-state index contributed by atoms with van der Waals surface area (Å²) in [5, 5.41) is 7.23. The monoisotopic (exact) mass is 424 g/mol. The van der Waals surface area contributed by atoms with E-state index in [0.29, 0.717) is 44.3 Å². The molecular weight excluding hydrogens is 399 g/mol. The molecular formula is C23H25FN4O3. The van der Waals surface area contributed by atoms with Gasteiger partial charge < -0.3 is 14.8 Å². The first-order valence-corrected chi connectivity index (χ1v) is 10.2. The van der Waals surface area contributed by atoms with Gasteiger partial charge in [0.2, 0.25) is 5.91 Å². The first kappa shape index (κ1) is 21.0. The molecule has 0 bridgehead atoms. The summed E-state index contributed by atoms with van der Waals surface area (Å²) in [6.07, 6.45) is 3.59. The minimum Gasteiger partial charge on any atom is -0.489 e. The number of anilines is 1. The molecule has 4 rings (SSSR count). The zero-order chi connectivity index (χ0) is 21.6. The Labute approximate surface area is 180 Å². The van der Waals surface area contributed by atoms with Crippen molar-refractivity contribution in [2.75, 3.05) is 31.6 Å². The first-order chi connectivity index (χ1) is 15.1. The highest BCUT2D eigenvalue weighted by Gasteiger charge is 2.30. The maximum Gasteiger partial charge on any atom is 0.246 e. The Morgan fingerprint density at radius 1 is 1.23 bits per heavy atom. The van der Waals surface area contributed by atoms with E-state index < -0.39 is 6.04 Å². The van der Waals surface area contributed by atoms with Crippen molar-refractivity contribution in [3.63, 3.8) is 0 Å². The Kier molecular flexibility index (Phi) is 6.59. The van der Waals surface area contributed by atoms with Gasteiger partial charge >= 0.3 is 0 Å². The SMILES string of the molecule is Cn1cc([C@H](C(=O)Nc2cccc(OCc3ccc(F)cc3)c2)N2CCOCC2)cn1. The van der Waals surface area contributed by atoms with Crippen molar-refractivity contribution in [3.8, 4) is 5.75 Å². The minimum absolute atomic E-state index is 0.134. The molecule has 8 heteroatoms. The molecule has 162 valence electrons. The topological polar surface area (TPSA) is 68.6 Å². The Bertz CT molecular complexity index is 1020. The zero-order valence-corrected chi connectivity index (χ0v) is 17.3. The molecule has 1 atom stereocenters. The van der Waals surface area contributed by atoms with E-state index in [1.54, 1.807) is 29.1 Å². The minimum atomic E-state index is -0.457. The lowest BCUT2D eigenvalue weighted by molar-refractivity contribution is -0.123. The number of nitrogens with zero attached hydrogens (tertiary/aromatic N) is 3. The average molecular weight is 424 g/mol. The molecule has 7 nitrogen and oxygen atoms in total. The molecule has 3 aromatic rings. The van der Waals surface area contributed by atoms with Crippen molar-refractivity contribution < 1.29 is 18.7 Å². The Morgan fingerprint density at radius 2 is 2.00 bits per heavy atom. The highest BCUT2D eigenvalue weighted by Crippen LogP contribution is 2.25. The second-order valence-electron chi connectivity index (χ2n) is 7.43. The lowest BCUT2D eigenvalue weighted by Gasteiger charge is -2.33. The smallest absolute Gasteiger partial charge is 0.246 e. The van der Waals surface area contributed by atoms with Crippen molar-refractivity contribution >= 4 is 11.6 Å². The number of amides is 1. The number of hydrogen-bond donors (Lipinski definition) is 1. The van der Waals surface area contributed by atoms with Gasteiger partial charge in [0.15, 0.2) is 0 Å². The van der Waals surface area contributed by atoms with E-state index in [9.17, 15) is 9.18 Å². The van der Waals surface area contributed by atoms with Crippen LogP contribution in [0.5, 0.6) is 5.75 Å². The van der Waals surface area contributed by atoms with Crippen molar-refractivity contribution in [1.82, 2.24) is 14.7 Å². The molecule has 0 saturated carbocycles. The number of halogens is 1. The van der Waals surface area contributed by atoms with Gasteiger partial charge in [0.25, 0.3) is 0 Å². The molecule has 1 saturated heterocycles. The van der Waals surface area contributed by atoms with Gasteiger partial charge in [0, 0.05) is 43.7 Å². The van der Waals surface area contributed by atoms with Gasteiger partial charge in [-0.05, 0) is 29.8 Å². The van der Waals surface area contributed by atoms with Crippen LogP contribution in [0, 0.1) is 5.82 Å². The van der Waals surface area contributed by atoms with Crippen molar-refractivity contribution in [2.45, 2.75) is 12.6 Å². The molecule has 1 aliphatic heterocycles. The third kappa shape index (κ3) is 5.48. The van der Waals surface area contributed by atoms with Crippen LogP contribution in [-0.2, 0) is 23.2 Å². The Balaban J connectivity index is 1.45. The van der Waals surface area contributed by atoms with Crippen LogP contribution in [0.4, 0.5) is 10.1 Å². The maximum atomic E-state index is 13.2. The maximum absolute atomic E-state index is 13.2. The molecule has 0 unspecified atom stereocenters. The van der Waals surface area contributed by atoms with Crippen LogP contribution in [0.25, 0.3) is 0 Å². The largest absolute Gasteiger partial charge is 0.489 e. The summed E-state index contributed by atoms with van der Waals surface area (Å²) in [5.74, 6) is 0.203. The number of aryl methyl sites for hydroxylation is 1. The summed E-state index contributed by atoms with van der Waals surface area (Å²) in [4.78, 5) is 15.3. The summed E-state index contributed by atoms with van der Waals surface area (Å²) < 4.78 is 26.0. The summed E-state index contributed by atoms with van der Waals surface area (Å²) in [6.45, 7) is 2.85. The summed E-state index contributed by atoms with van der Waals surface area (Å²) in [6, 6.07) is 13.0. The highest BCUT2D eigenvalue weighted by molar-refractivity contribution is 5.95. The Hall–Kier alpha value is -3.23. The predicted octanol–water partition coefficient (Wildman–Crippen LogP) is 3.15. The quantitative estimate of drug-likeness (QED) is 0.631. The van der Waals surface area contributed by atoms with Crippen LogP contribution in [0.1, 0.15) is 17.2 Å². The molecule has 1 N–H and O–H groups in total. The second-order valence-corrected chi connectivity index (χ2v) is 7.43. The van der Waals surface area contributed by atoms with E-state index in [2.05, 4.69) is 15.3 Å². The summed E-state index contributed by atoms with van der Waals surface area (Å²) in [5.41, 5.74) is 2.34. The van der Waals surface area contributed by atoms with Crippen LogP contribution in [-0.4, -0.2) is 46.9 Å². The lowest BCUT2D eigenvalue weighted by Crippen LogP contribution is -2.43. The van der Waals surface area contributed by atoms with Crippen molar-refractivity contribution in [2.24, 2.45) is 7.05 Å². The first-order valence-electron chi connectivity index (χ1n) is 10.2. The second kappa shape index (κ2) is 9.72. The van der Waals surface area contributed by atoms with Crippen LogP contribution >= 0.6 is 0 Å². The standard InChI is InChI=1S/C23H25FN4O3/c1-27-15-18(14-25-27)22(28-9-11-30-12-10-28)23(29)26-20-3-2-4-21(13-20)31-16-17-5-7-19(24)8-6-17/h2-8,13-15,22H,9-12,16H2,1H3,(H,26,29)/t22-/m1/s1. The fourth-order valence-corrected chi connectivity index (χ4v) is 3.57. The summed E-state index contributed by atoms with van der Waals surface area (Å²) in [7, 11) is 1.83. The van der Waals surface area contributed by atoms with Gasteiger partial charge in [0.05, 0.1) is 19.4 Å². The highest BCUT2D eigenvalue weighted by atomic mass is 19.1. The molecule has 0 aliphatic carbocycles. The zero-order valence-electron chi connectivity index (χ0n) is 17.3. The predicted molar refractivity (Wildman–Crippen MR) is 114 cm³/mol. The third-order valence-corrected chi connectivity index (χ3v) is 5.12. The molecule has 1 aliphatic rings. The van der Waals surface area contributed by atoms with Crippen LogP contribution in [0.2, 0.25) is 0 Å². The fourth-order valence-electron chi connectivity index (χ4n) is 3.57. The molecule has 0 radical (unpaired) electrons. The van der Waals surface area contributed by atoms with Gasteiger partial charge in [-0.1, -0.05) is 18.2 Å². The number of aromatic nitrogens is 2. The number of hydrogen-bond acceptors (Lipinski definition) is 5. The van der Waals surface area contributed by atoms with Crippen LogP contribution in [0.3, 0.4) is 0 Å². The van der Waals surface area contributed by atoms with Gasteiger partial charge in [-0.15, -0.1) is 0 Å². The molecule has 31 heavy (non-hydrogen) atoms. The molecule has 2 heterocycles. The van der Waals surface area contributed by atoms with E-state index in [1.807, 2.05) is 31.4 Å². The molecule has 1 aromatic heterocycles.